The summed E-state index contributed by atoms with van der Waals surface area (Å²) >= 11 is 6.21. The molecular formula is C12H21ClN4O2S. The molecule has 0 amide bonds. The number of aryl methyl sites for hydroxylation is 2. The van der Waals surface area contributed by atoms with Gasteiger partial charge in [-0.15, -0.1) is 0 Å². The molecule has 3 N–H and O–H groups in total. The van der Waals surface area contributed by atoms with Crippen molar-refractivity contribution < 1.29 is 8.42 Å². The highest BCUT2D eigenvalue weighted by molar-refractivity contribution is 7.91. The van der Waals surface area contributed by atoms with Gasteiger partial charge in [0.05, 0.1) is 17.2 Å². The van der Waals surface area contributed by atoms with Crippen LogP contribution in [0.2, 0.25) is 5.15 Å². The zero-order valence-corrected chi connectivity index (χ0v) is 13.3. The molecule has 6 nitrogen and oxygen atoms in total. The van der Waals surface area contributed by atoms with Gasteiger partial charge in [0.2, 0.25) is 0 Å². The number of nitrogens with two attached hydrogens (primary N) is 1. The molecule has 0 spiro atoms. The van der Waals surface area contributed by atoms with Crippen LogP contribution in [-0.4, -0.2) is 35.7 Å². The third-order valence-electron chi connectivity index (χ3n) is 3.90. The molecule has 1 aliphatic heterocycles. The lowest BCUT2D eigenvalue weighted by molar-refractivity contribution is 0.408. The Balaban J connectivity index is 2.03. The van der Waals surface area contributed by atoms with Gasteiger partial charge in [0.1, 0.15) is 5.15 Å². The Hall–Kier alpha value is -0.630. The van der Waals surface area contributed by atoms with Crippen molar-refractivity contribution in [2.24, 2.45) is 18.8 Å². The summed E-state index contributed by atoms with van der Waals surface area (Å²) in [6.45, 7) is 1.91. The number of aromatic nitrogens is 2. The van der Waals surface area contributed by atoms with Gasteiger partial charge in [-0.3, -0.25) is 16.0 Å². The molecule has 0 radical (unpaired) electrons. The Kier molecular flexibility index (Phi) is 4.73. The zero-order chi connectivity index (χ0) is 14.9. The molecule has 0 aliphatic carbocycles. The second-order valence-electron chi connectivity index (χ2n) is 5.55. The number of hydrogen-bond donors (Lipinski definition) is 2. The fourth-order valence-corrected chi connectivity index (χ4v) is 4.95. The molecule has 1 saturated heterocycles. The Morgan fingerprint density at radius 1 is 1.60 bits per heavy atom. The second kappa shape index (κ2) is 6.01. The van der Waals surface area contributed by atoms with E-state index in [1.807, 2.05) is 6.92 Å². The van der Waals surface area contributed by atoms with Gasteiger partial charge in [0.15, 0.2) is 9.84 Å². The topological polar surface area (TPSA) is 90.0 Å². The molecule has 2 heterocycles. The molecule has 1 fully saturated rings. The lowest BCUT2D eigenvalue weighted by Crippen LogP contribution is -2.38. The maximum atomic E-state index is 11.5. The number of rotatable bonds is 5. The van der Waals surface area contributed by atoms with Gasteiger partial charge in [-0.1, -0.05) is 11.6 Å². The Morgan fingerprint density at radius 3 is 2.75 bits per heavy atom. The normalized spacial score (nSPS) is 23.1. The van der Waals surface area contributed by atoms with Gasteiger partial charge in [0, 0.05) is 18.7 Å². The molecule has 8 heteroatoms. The van der Waals surface area contributed by atoms with Crippen molar-refractivity contribution in [3.63, 3.8) is 0 Å². The van der Waals surface area contributed by atoms with E-state index in [4.69, 9.17) is 17.4 Å². The molecule has 20 heavy (non-hydrogen) atoms. The summed E-state index contributed by atoms with van der Waals surface area (Å²) in [6, 6.07) is 0.00806. The van der Waals surface area contributed by atoms with Crippen molar-refractivity contribution in [3.05, 3.63) is 16.4 Å². The lowest BCUT2D eigenvalue weighted by Gasteiger charge is -2.19. The third kappa shape index (κ3) is 3.52. The van der Waals surface area contributed by atoms with E-state index < -0.39 is 9.84 Å². The summed E-state index contributed by atoms with van der Waals surface area (Å²) in [5.74, 6) is 6.34. The quantitative estimate of drug-likeness (QED) is 0.612. The molecule has 1 aliphatic rings. The van der Waals surface area contributed by atoms with Crippen LogP contribution in [-0.2, 0) is 23.3 Å². The molecule has 1 aromatic rings. The van der Waals surface area contributed by atoms with Crippen LogP contribution in [0, 0.1) is 12.8 Å². The van der Waals surface area contributed by atoms with E-state index in [1.54, 1.807) is 11.7 Å². The summed E-state index contributed by atoms with van der Waals surface area (Å²) in [4.78, 5) is 0. The predicted molar refractivity (Wildman–Crippen MR) is 79.1 cm³/mol. The number of hydrazine groups is 1. The van der Waals surface area contributed by atoms with E-state index in [-0.39, 0.29) is 17.7 Å². The van der Waals surface area contributed by atoms with E-state index in [0.717, 1.165) is 24.1 Å². The molecule has 2 unspecified atom stereocenters. The number of halogens is 1. The van der Waals surface area contributed by atoms with E-state index in [9.17, 15) is 8.42 Å². The van der Waals surface area contributed by atoms with Crippen LogP contribution in [0.25, 0.3) is 0 Å². The van der Waals surface area contributed by atoms with Gasteiger partial charge in [-0.05, 0) is 32.1 Å². The molecule has 0 saturated carbocycles. The van der Waals surface area contributed by atoms with E-state index >= 15 is 0 Å². The van der Waals surface area contributed by atoms with Crippen LogP contribution >= 0.6 is 11.6 Å². The third-order valence-corrected chi connectivity index (χ3v) is 6.21. The number of nitrogens with zero attached hydrogens (tertiary/aromatic N) is 2. The van der Waals surface area contributed by atoms with E-state index in [1.165, 1.54) is 0 Å². The summed E-state index contributed by atoms with van der Waals surface area (Å²) in [5.41, 5.74) is 4.63. The van der Waals surface area contributed by atoms with Crippen molar-refractivity contribution in [2.45, 2.75) is 32.2 Å². The van der Waals surface area contributed by atoms with Gasteiger partial charge in [-0.2, -0.15) is 5.10 Å². The zero-order valence-electron chi connectivity index (χ0n) is 11.8. The van der Waals surface area contributed by atoms with Crippen molar-refractivity contribution >= 4 is 21.4 Å². The van der Waals surface area contributed by atoms with Crippen LogP contribution in [0.1, 0.15) is 24.1 Å². The fraction of sp³-hybridized carbons (Fsp3) is 0.750. The summed E-state index contributed by atoms with van der Waals surface area (Å²) < 4.78 is 24.6. The van der Waals surface area contributed by atoms with Crippen LogP contribution in [0.3, 0.4) is 0 Å². The average Bonchev–Trinajstić information content (AvgIpc) is 2.82. The van der Waals surface area contributed by atoms with Crippen molar-refractivity contribution in [3.8, 4) is 0 Å². The second-order valence-corrected chi connectivity index (χ2v) is 8.14. The Bertz CT molecular complexity index is 585. The standard InChI is InChI=1S/C12H21ClN4O2S/c1-8-11(12(13)17(2)16-8)6-10(15-14)5-9-3-4-20(18,19)7-9/h9-10,15H,3-7,14H2,1-2H3. The first kappa shape index (κ1) is 15.8. The first-order chi connectivity index (χ1) is 9.32. The number of nitrogens with one attached hydrogen (secondary N) is 1. The molecule has 2 atom stereocenters. The maximum absolute atomic E-state index is 11.5. The highest BCUT2D eigenvalue weighted by Crippen LogP contribution is 2.26. The Labute approximate surface area is 124 Å². The average molecular weight is 321 g/mol. The summed E-state index contributed by atoms with van der Waals surface area (Å²) in [6.07, 6.45) is 2.12. The van der Waals surface area contributed by atoms with Crippen LogP contribution in [0.5, 0.6) is 0 Å². The van der Waals surface area contributed by atoms with Crippen molar-refractivity contribution in [1.82, 2.24) is 15.2 Å². The van der Waals surface area contributed by atoms with E-state index in [0.29, 0.717) is 17.3 Å². The summed E-state index contributed by atoms with van der Waals surface area (Å²) in [5, 5.41) is 4.89. The summed E-state index contributed by atoms with van der Waals surface area (Å²) in [7, 11) is -1.05. The lowest BCUT2D eigenvalue weighted by atomic mass is 9.95. The van der Waals surface area contributed by atoms with Crippen LogP contribution in [0.4, 0.5) is 0 Å². The largest absolute Gasteiger partial charge is 0.271 e. The number of sulfone groups is 1. The first-order valence-electron chi connectivity index (χ1n) is 6.67. The van der Waals surface area contributed by atoms with Gasteiger partial charge in [-0.25, -0.2) is 8.42 Å². The minimum absolute atomic E-state index is 0.00806. The SMILES string of the molecule is Cc1nn(C)c(Cl)c1CC(CC1CCS(=O)(=O)C1)NN. The predicted octanol–water partition coefficient (Wildman–Crippen LogP) is 0.581. The van der Waals surface area contributed by atoms with Crippen molar-refractivity contribution in [2.75, 3.05) is 11.5 Å². The van der Waals surface area contributed by atoms with Crippen LogP contribution in [0.15, 0.2) is 0 Å². The van der Waals surface area contributed by atoms with Crippen LogP contribution < -0.4 is 11.3 Å². The number of hydrogen-bond acceptors (Lipinski definition) is 5. The molecule has 1 aromatic heterocycles. The minimum atomic E-state index is -2.85. The van der Waals surface area contributed by atoms with E-state index in [2.05, 4.69) is 10.5 Å². The molecule has 0 bridgehead atoms. The fourth-order valence-electron chi connectivity index (χ4n) is 2.82. The highest BCUT2D eigenvalue weighted by Gasteiger charge is 2.30. The van der Waals surface area contributed by atoms with Crippen molar-refractivity contribution in [1.29, 1.82) is 0 Å². The maximum Gasteiger partial charge on any atom is 0.150 e. The van der Waals surface area contributed by atoms with Gasteiger partial charge < -0.3 is 0 Å². The van der Waals surface area contributed by atoms with Gasteiger partial charge >= 0.3 is 0 Å². The monoisotopic (exact) mass is 320 g/mol. The first-order valence-corrected chi connectivity index (χ1v) is 8.87. The molecule has 2 rings (SSSR count). The highest BCUT2D eigenvalue weighted by atomic mass is 35.5. The smallest absolute Gasteiger partial charge is 0.150 e. The molecular weight excluding hydrogens is 300 g/mol. The molecule has 114 valence electrons. The van der Waals surface area contributed by atoms with Gasteiger partial charge in [0.25, 0.3) is 0 Å². The molecule has 0 aromatic carbocycles. The Morgan fingerprint density at radius 2 is 2.30 bits per heavy atom. The minimum Gasteiger partial charge on any atom is -0.271 e.